The molecule has 1 unspecified atom stereocenters. The maximum Gasteiger partial charge on any atom is 0.337 e. The molecule has 1 fully saturated rings. The lowest BCUT2D eigenvalue weighted by Gasteiger charge is -2.18. The number of nitrogens with two attached hydrogens (primary N) is 1. The highest BCUT2D eigenvalue weighted by molar-refractivity contribution is 9.10. The average Bonchev–Trinajstić information content (AvgIpc) is 2.57. The lowest BCUT2D eigenvalue weighted by Crippen LogP contribution is -2.29. The van der Waals surface area contributed by atoms with E-state index in [-0.39, 0.29) is 23.9 Å². The van der Waals surface area contributed by atoms with Gasteiger partial charge in [-0.15, -0.1) is 0 Å². The average molecular weight is 299 g/mol. The number of hydrogen-bond acceptors (Lipinski definition) is 3. The Balaban J connectivity index is 2.46. The molecule has 1 aromatic carbocycles. The van der Waals surface area contributed by atoms with E-state index >= 15 is 0 Å². The molecule has 17 heavy (non-hydrogen) atoms. The van der Waals surface area contributed by atoms with Gasteiger partial charge in [0.2, 0.25) is 5.91 Å². The molecule has 0 spiro atoms. The number of hydrogen-bond donors (Lipinski definition) is 2. The zero-order valence-electron chi connectivity index (χ0n) is 8.89. The van der Waals surface area contributed by atoms with E-state index < -0.39 is 5.97 Å². The first-order chi connectivity index (χ1) is 7.99. The van der Waals surface area contributed by atoms with Gasteiger partial charge < -0.3 is 15.7 Å². The van der Waals surface area contributed by atoms with E-state index in [0.29, 0.717) is 12.2 Å². The highest BCUT2D eigenvalue weighted by Gasteiger charge is 2.30. The number of carboxylic acid groups (broad SMARTS) is 1. The molecule has 1 amide bonds. The van der Waals surface area contributed by atoms with Crippen LogP contribution in [0.25, 0.3) is 0 Å². The van der Waals surface area contributed by atoms with Gasteiger partial charge in [-0.25, -0.2) is 4.79 Å². The molecule has 1 saturated heterocycles. The van der Waals surface area contributed by atoms with Crippen molar-refractivity contribution in [2.24, 2.45) is 5.73 Å². The van der Waals surface area contributed by atoms with Gasteiger partial charge in [0.05, 0.1) is 11.3 Å². The molecule has 6 heteroatoms. The third-order valence-corrected chi connectivity index (χ3v) is 3.13. The second-order valence-corrected chi connectivity index (χ2v) is 4.85. The van der Waals surface area contributed by atoms with E-state index in [1.54, 1.807) is 12.1 Å². The summed E-state index contributed by atoms with van der Waals surface area (Å²) in [6, 6.07) is 4.49. The van der Waals surface area contributed by atoms with Crippen molar-refractivity contribution >= 4 is 33.5 Å². The monoisotopic (exact) mass is 298 g/mol. The first-order valence-corrected chi connectivity index (χ1v) is 5.87. The van der Waals surface area contributed by atoms with E-state index in [9.17, 15) is 9.59 Å². The normalized spacial score (nSPS) is 19.8. The van der Waals surface area contributed by atoms with Crippen LogP contribution in [0.3, 0.4) is 0 Å². The molecular weight excluding hydrogens is 288 g/mol. The summed E-state index contributed by atoms with van der Waals surface area (Å²) in [6.07, 6.45) is 0.256. The molecule has 90 valence electrons. The standard InChI is InChI=1S/C11H11BrN2O3/c12-6-1-2-8(11(16)17)9(3-6)14-5-7(13)4-10(14)15/h1-3,7H,4-5,13H2,(H,16,17). The number of carbonyl (C=O) groups excluding carboxylic acids is 1. The molecule has 1 aliphatic heterocycles. The Hall–Kier alpha value is -1.40. The summed E-state index contributed by atoms with van der Waals surface area (Å²) in [5.41, 5.74) is 6.20. The number of carboxylic acids is 1. The Morgan fingerprint density at radius 2 is 2.24 bits per heavy atom. The van der Waals surface area contributed by atoms with Crippen molar-refractivity contribution in [1.82, 2.24) is 0 Å². The number of halogens is 1. The molecule has 0 aliphatic carbocycles. The number of anilines is 1. The van der Waals surface area contributed by atoms with Gasteiger partial charge in [0, 0.05) is 23.5 Å². The summed E-state index contributed by atoms with van der Waals surface area (Å²) in [6.45, 7) is 0.357. The second kappa shape index (κ2) is 4.46. The molecule has 0 aromatic heterocycles. The first-order valence-electron chi connectivity index (χ1n) is 5.08. The van der Waals surface area contributed by atoms with Crippen LogP contribution in [-0.4, -0.2) is 29.6 Å². The Morgan fingerprint density at radius 3 is 2.76 bits per heavy atom. The quantitative estimate of drug-likeness (QED) is 0.860. The van der Waals surface area contributed by atoms with Crippen LogP contribution in [0.2, 0.25) is 0 Å². The van der Waals surface area contributed by atoms with Crippen LogP contribution >= 0.6 is 15.9 Å². The van der Waals surface area contributed by atoms with Crippen molar-refractivity contribution in [3.63, 3.8) is 0 Å². The van der Waals surface area contributed by atoms with Gasteiger partial charge in [0.15, 0.2) is 0 Å². The predicted octanol–water partition coefficient (Wildman–Crippen LogP) is 1.21. The minimum absolute atomic E-state index is 0.107. The van der Waals surface area contributed by atoms with Crippen LogP contribution in [0.5, 0.6) is 0 Å². The summed E-state index contributed by atoms with van der Waals surface area (Å²) in [4.78, 5) is 24.2. The van der Waals surface area contributed by atoms with Crippen molar-refractivity contribution in [1.29, 1.82) is 0 Å². The third-order valence-electron chi connectivity index (χ3n) is 2.64. The molecule has 0 saturated carbocycles. The zero-order chi connectivity index (χ0) is 12.6. The van der Waals surface area contributed by atoms with Crippen LogP contribution in [-0.2, 0) is 4.79 Å². The predicted molar refractivity (Wildman–Crippen MR) is 66.0 cm³/mol. The van der Waals surface area contributed by atoms with Gasteiger partial charge >= 0.3 is 5.97 Å². The Labute approximate surface area is 106 Å². The van der Waals surface area contributed by atoms with E-state index in [0.717, 1.165) is 4.47 Å². The summed E-state index contributed by atoms with van der Waals surface area (Å²) >= 11 is 3.27. The Morgan fingerprint density at radius 1 is 1.53 bits per heavy atom. The molecule has 1 aliphatic rings. The highest BCUT2D eigenvalue weighted by atomic mass is 79.9. The maximum atomic E-state index is 11.7. The van der Waals surface area contributed by atoms with Crippen LogP contribution in [0.1, 0.15) is 16.8 Å². The number of nitrogens with zero attached hydrogens (tertiary/aromatic N) is 1. The lowest BCUT2D eigenvalue weighted by molar-refractivity contribution is -0.117. The third kappa shape index (κ3) is 2.32. The number of amides is 1. The van der Waals surface area contributed by atoms with E-state index in [1.807, 2.05) is 0 Å². The molecule has 0 radical (unpaired) electrons. The number of rotatable bonds is 2. The summed E-state index contributed by atoms with van der Waals surface area (Å²) in [5, 5.41) is 9.08. The van der Waals surface area contributed by atoms with Gasteiger partial charge in [-0.3, -0.25) is 4.79 Å². The topological polar surface area (TPSA) is 83.6 Å². The number of carbonyl (C=O) groups is 2. The van der Waals surface area contributed by atoms with E-state index in [2.05, 4.69) is 15.9 Å². The molecule has 5 nitrogen and oxygen atoms in total. The second-order valence-electron chi connectivity index (χ2n) is 3.94. The van der Waals surface area contributed by atoms with Gasteiger partial charge in [0.25, 0.3) is 0 Å². The summed E-state index contributed by atoms with van der Waals surface area (Å²) < 4.78 is 0.728. The van der Waals surface area contributed by atoms with Crippen LogP contribution < -0.4 is 10.6 Å². The SMILES string of the molecule is NC1CC(=O)N(c2cc(Br)ccc2C(=O)O)C1. The van der Waals surface area contributed by atoms with Gasteiger partial charge in [-0.2, -0.15) is 0 Å². The summed E-state index contributed by atoms with van der Waals surface area (Å²) in [7, 11) is 0. The number of aromatic carboxylic acids is 1. The Bertz CT molecular complexity index is 490. The minimum atomic E-state index is -1.05. The molecular formula is C11H11BrN2O3. The molecule has 1 aromatic rings. The van der Waals surface area contributed by atoms with Crippen LogP contribution in [0.4, 0.5) is 5.69 Å². The van der Waals surface area contributed by atoms with Crippen molar-refractivity contribution < 1.29 is 14.7 Å². The van der Waals surface area contributed by atoms with Crippen LogP contribution in [0, 0.1) is 0 Å². The zero-order valence-corrected chi connectivity index (χ0v) is 10.5. The minimum Gasteiger partial charge on any atom is -0.478 e. The Kier molecular flexibility index (Phi) is 3.17. The molecule has 3 N–H and O–H groups in total. The fourth-order valence-electron chi connectivity index (χ4n) is 1.88. The molecule has 1 atom stereocenters. The van der Waals surface area contributed by atoms with E-state index in [4.69, 9.17) is 10.8 Å². The maximum absolute atomic E-state index is 11.7. The van der Waals surface area contributed by atoms with Gasteiger partial charge in [-0.05, 0) is 18.2 Å². The molecule has 1 heterocycles. The lowest BCUT2D eigenvalue weighted by atomic mass is 10.1. The molecule has 0 bridgehead atoms. The fourth-order valence-corrected chi connectivity index (χ4v) is 2.23. The van der Waals surface area contributed by atoms with Crippen molar-refractivity contribution in [3.05, 3.63) is 28.2 Å². The van der Waals surface area contributed by atoms with Crippen molar-refractivity contribution in [2.75, 3.05) is 11.4 Å². The molecule has 2 rings (SSSR count). The smallest absolute Gasteiger partial charge is 0.337 e. The van der Waals surface area contributed by atoms with Crippen LogP contribution in [0.15, 0.2) is 22.7 Å². The van der Waals surface area contributed by atoms with Gasteiger partial charge in [0.1, 0.15) is 0 Å². The van der Waals surface area contributed by atoms with E-state index in [1.165, 1.54) is 11.0 Å². The largest absolute Gasteiger partial charge is 0.478 e. The van der Waals surface area contributed by atoms with Gasteiger partial charge in [-0.1, -0.05) is 15.9 Å². The fraction of sp³-hybridized carbons (Fsp3) is 0.273. The highest BCUT2D eigenvalue weighted by Crippen LogP contribution is 2.28. The van der Waals surface area contributed by atoms with Crippen molar-refractivity contribution in [2.45, 2.75) is 12.5 Å². The first kappa shape index (κ1) is 12.1. The summed E-state index contributed by atoms with van der Waals surface area (Å²) in [5.74, 6) is -1.20. The van der Waals surface area contributed by atoms with Crippen molar-refractivity contribution in [3.8, 4) is 0 Å². The number of benzene rings is 1.